The predicted octanol–water partition coefficient (Wildman–Crippen LogP) is 7.23. The van der Waals surface area contributed by atoms with Gasteiger partial charge in [0, 0.05) is 18.9 Å². The molecule has 0 spiro atoms. The van der Waals surface area contributed by atoms with Crippen molar-refractivity contribution in [2.75, 3.05) is 6.54 Å². The van der Waals surface area contributed by atoms with E-state index in [0.29, 0.717) is 12.3 Å². The SMILES string of the molecule is CC1CC2=C(O1)C(=O)NCCC2c1ccc(O)cc1.CCCC.CCCCCCC1CC1. The third-order valence-corrected chi connectivity index (χ3v) is 6.42. The molecular formula is C28H45NO3. The van der Waals surface area contributed by atoms with Crippen molar-refractivity contribution >= 4 is 5.91 Å². The van der Waals surface area contributed by atoms with Crippen LogP contribution in [-0.4, -0.2) is 23.7 Å². The van der Waals surface area contributed by atoms with E-state index in [1.807, 2.05) is 19.1 Å². The van der Waals surface area contributed by atoms with E-state index in [4.69, 9.17) is 4.74 Å². The largest absolute Gasteiger partial charge is 0.508 e. The molecule has 1 fully saturated rings. The number of aromatic hydroxyl groups is 1. The van der Waals surface area contributed by atoms with Gasteiger partial charge >= 0.3 is 0 Å². The quantitative estimate of drug-likeness (QED) is 0.437. The first-order valence-electron chi connectivity index (χ1n) is 13.0. The lowest BCUT2D eigenvalue weighted by Crippen LogP contribution is -2.25. The van der Waals surface area contributed by atoms with Gasteiger partial charge in [0.15, 0.2) is 5.76 Å². The molecule has 180 valence electrons. The minimum Gasteiger partial charge on any atom is -0.508 e. The van der Waals surface area contributed by atoms with Gasteiger partial charge in [-0.1, -0.05) is 90.7 Å². The molecule has 2 unspecified atom stereocenters. The van der Waals surface area contributed by atoms with E-state index in [0.717, 1.165) is 29.9 Å². The molecule has 4 nitrogen and oxygen atoms in total. The van der Waals surface area contributed by atoms with Crippen molar-refractivity contribution < 1.29 is 14.6 Å². The molecule has 0 saturated heterocycles. The van der Waals surface area contributed by atoms with Gasteiger partial charge in [-0.15, -0.1) is 0 Å². The average Bonchev–Trinajstić information content (AvgIpc) is 3.57. The maximum absolute atomic E-state index is 11.9. The Morgan fingerprint density at radius 3 is 2.25 bits per heavy atom. The number of benzene rings is 1. The van der Waals surface area contributed by atoms with Gasteiger partial charge < -0.3 is 15.2 Å². The first kappa shape index (κ1) is 26.3. The van der Waals surface area contributed by atoms with Crippen LogP contribution >= 0.6 is 0 Å². The van der Waals surface area contributed by atoms with Gasteiger partial charge in [-0.3, -0.25) is 4.79 Å². The summed E-state index contributed by atoms with van der Waals surface area (Å²) in [5.74, 6) is 2.02. The number of hydrogen-bond donors (Lipinski definition) is 2. The minimum atomic E-state index is -0.0966. The number of phenols is 1. The predicted molar refractivity (Wildman–Crippen MR) is 133 cm³/mol. The highest BCUT2D eigenvalue weighted by atomic mass is 16.5. The van der Waals surface area contributed by atoms with Crippen molar-refractivity contribution in [1.82, 2.24) is 5.32 Å². The van der Waals surface area contributed by atoms with Crippen molar-refractivity contribution in [2.45, 2.75) is 110 Å². The van der Waals surface area contributed by atoms with Gasteiger partial charge in [0.1, 0.15) is 11.9 Å². The molecule has 3 aliphatic rings. The molecular weight excluding hydrogens is 398 g/mol. The fourth-order valence-electron chi connectivity index (χ4n) is 4.15. The number of phenolic OH excluding ortho intramolecular Hbond substituents is 1. The summed E-state index contributed by atoms with van der Waals surface area (Å²) >= 11 is 0. The van der Waals surface area contributed by atoms with E-state index in [1.54, 1.807) is 12.1 Å². The van der Waals surface area contributed by atoms with Crippen molar-refractivity contribution in [3.05, 3.63) is 41.2 Å². The number of hydrogen-bond acceptors (Lipinski definition) is 3. The Labute approximate surface area is 195 Å². The topological polar surface area (TPSA) is 58.6 Å². The normalized spacial score (nSPS) is 21.8. The van der Waals surface area contributed by atoms with Crippen LogP contribution in [0.3, 0.4) is 0 Å². The number of carbonyl (C=O) groups excluding carboxylic acids is 1. The van der Waals surface area contributed by atoms with Crippen LogP contribution in [0.5, 0.6) is 5.75 Å². The number of carbonyl (C=O) groups is 1. The molecule has 1 saturated carbocycles. The third-order valence-electron chi connectivity index (χ3n) is 6.42. The molecule has 32 heavy (non-hydrogen) atoms. The summed E-state index contributed by atoms with van der Waals surface area (Å²) < 4.78 is 5.65. The zero-order valence-electron chi connectivity index (χ0n) is 20.8. The second kappa shape index (κ2) is 14.2. The van der Waals surface area contributed by atoms with Crippen molar-refractivity contribution in [3.63, 3.8) is 0 Å². The van der Waals surface area contributed by atoms with Crippen LogP contribution in [0.1, 0.15) is 110 Å². The first-order valence-corrected chi connectivity index (χ1v) is 13.0. The number of ether oxygens (including phenoxy) is 1. The van der Waals surface area contributed by atoms with Gasteiger partial charge in [0.05, 0.1) is 0 Å². The molecule has 1 amide bonds. The van der Waals surface area contributed by atoms with Gasteiger partial charge in [-0.25, -0.2) is 0 Å². The summed E-state index contributed by atoms with van der Waals surface area (Å²) in [6.45, 7) is 9.27. The molecule has 4 heteroatoms. The van der Waals surface area contributed by atoms with E-state index in [9.17, 15) is 9.90 Å². The summed E-state index contributed by atoms with van der Waals surface area (Å²) in [5.41, 5.74) is 2.22. The highest BCUT2D eigenvalue weighted by Gasteiger charge is 2.34. The summed E-state index contributed by atoms with van der Waals surface area (Å²) in [5, 5.41) is 12.3. The number of amides is 1. The van der Waals surface area contributed by atoms with Crippen LogP contribution < -0.4 is 5.32 Å². The zero-order chi connectivity index (χ0) is 23.3. The van der Waals surface area contributed by atoms with E-state index in [2.05, 4.69) is 26.1 Å². The Kier molecular flexibility index (Phi) is 11.7. The number of unbranched alkanes of at least 4 members (excludes halogenated alkanes) is 4. The second-order valence-corrected chi connectivity index (χ2v) is 9.47. The maximum atomic E-state index is 11.9. The summed E-state index contributed by atoms with van der Waals surface area (Å²) in [6, 6.07) is 7.22. The summed E-state index contributed by atoms with van der Waals surface area (Å²) in [7, 11) is 0. The first-order chi connectivity index (χ1) is 15.5. The van der Waals surface area contributed by atoms with Gasteiger partial charge in [-0.05, 0) is 42.5 Å². The van der Waals surface area contributed by atoms with E-state index in [1.165, 1.54) is 57.8 Å². The van der Waals surface area contributed by atoms with Gasteiger partial charge in [-0.2, -0.15) is 0 Å². The van der Waals surface area contributed by atoms with E-state index in [-0.39, 0.29) is 23.7 Å². The number of nitrogens with one attached hydrogen (secondary N) is 1. The Bertz CT molecular complexity index is 704. The standard InChI is InChI=1S/C15H17NO3.C9H18.C4H10/c1-9-8-13-12(10-2-4-11(17)5-3-10)6-7-16-15(18)14(13)19-9;1-2-3-4-5-6-9-7-8-9;1-3-4-2/h2-5,9,12,17H,6-8H2,1H3,(H,16,18);9H,2-8H2,1H3;3-4H2,1-2H3. The highest BCUT2D eigenvalue weighted by molar-refractivity contribution is 5.93. The lowest BCUT2D eigenvalue weighted by molar-refractivity contribution is -0.121. The Balaban J connectivity index is 0.000000233. The maximum Gasteiger partial charge on any atom is 0.286 e. The van der Waals surface area contributed by atoms with Crippen LogP contribution in [0, 0.1) is 5.92 Å². The molecule has 1 aliphatic carbocycles. The Morgan fingerprint density at radius 1 is 0.969 bits per heavy atom. The van der Waals surface area contributed by atoms with Gasteiger partial charge in [0.25, 0.3) is 5.91 Å². The van der Waals surface area contributed by atoms with Crippen LogP contribution in [0.2, 0.25) is 0 Å². The molecule has 0 aromatic heterocycles. The fraction of sp³-hybridized carbons (Fsp3) is 0.679. The van der Waals surface area contributed by atoms with Crippen molar-refractivity contribution in [1.29, 1.82) is 0 Å². The molecule has 1 aromatic carbocycles. The van der Waals surface area contributed by atoms with Crippen molar-refractivity contribution in [2.24, 2.45) is 5.92 Å². The summed E-state index contributed by atoms with van der Waals surface area (Å²) in [4.78, 5) is 11.9. The van der Waals surface area contributed by atoms with E-state index >= 15 is 0 Å². The highest BCUT2D eigenvalue weighted by Crippen LogP contribution is 2.39. The molecule has 0 radical (unpaired) electrons. The Morgan fingerprint density at radius 2 is 1.66 bits per heavy atom. The smallest absolute Gasteiger partial charge is 0.286 e. The Hall–Kier alpha value is -1.97. The fourth-order valence-corrected chi connectivity index (χ4v) is 4.15. The van der Waals surface area contributed by atoms with E-state index < -0.39 is 0 Å². The van der Waals surface area contributed by atoms with Crippen LogP contribution in [-0.2, 0) is 9.53 Å². The van der Waals surface area contributed by atoms with Crippen LogP contribution in [0.25, 0.3) is 0 Å². The number of rotatable bonds is 7. The molecule has 1 aromatic rings. The molecule has 2 atom stereocenters. The monoisotopic (exact) mass is 443 g/mol. The summed E-state index contributed by atoms with van der Waals surface area (Å²) in [6.07, 6.45) is 14.8. The third kappa shape index (κ3) is 8.88. The zero-order valence-corrected chi connectivity index (χ0v) is 20.8. The lowest BCUT2D eigenvalue weighted by atomic mass is 9.86. The lowest BCUT2D eigenvalue weighted by Gasteiger charge is -2.17. The van der Waals surface area contributed by atoms with Gasteiger partial charge in [0.2, 0.25) is 0 Å². The molecule has 2 heterocycles. The van der Waals surface area contributed by atoms with Crippen LogP contribution in [0.15, 0.2) is 35.6 Å². The second-order valence-electron chi connectivity index (χ2n) is 9.47. The molecule has 0 bridgehead atoms. The molecule has 2 aliphatic heterocycles. The average molecular weight is 444 g/mol. The minimum absolute atomic E-state index is 0.0634. The molecule has 2 N–H and O–H groups in total. The van der Waals surface area contributed by atoms with Crippen molar-refractivity contribution in [3.8, 4) is 5.75 Å². The molecule has 4 rings (SSSR count). The van der Waals surface area contributed by atoms with Crippen LogP contribution in [0.4, 0.5) is 0 Å².